The third-order valence-electron chi connectivity index (χ3n) is 4.86. The van der Waals surface area contributed by atoms with Crippen molar-refractivity contribution in [3.8, 4) is 0 Å². The Bertz CT molecular complexity index is 734. The van der Waals surface area contributed by atoms with Gasteiger partial charge in [0.1, 0.15) is 0 Å². The van der Waals surface area contributed by atoms with Gasteiger partial charge in [-0.05, 0) is 50.4 Å². The molecule has 0 radical (unpaired) electrons. The molecule has 1 aromatic carbocycles. The van der Waals surface area contributed by atoms with E-state index in [1.165, 1.54) is 6.42 Å². The van der Waals surface area contributed by atoms with Crippen LogP contribution in [-0.2, 0) is 0 Å². The number of hydrogen-bond donors (Lipinski definition) is 1. The quantitative estimate of drug-likeness (QED) is 0.837. The zero-order valence-corrected chi connectivity index (χ0v) is 17.3. The number of amides is 1. The third-order valence-corrected chi connectivity index (χ3v) is 4.86. The summed E-state index contributed by atoms with van der Waals surface area (Å²) in [6.45, 7) is 6.91. The number of rotatable bonds is 4. The number of hydrogen-bond acceptors (Lipinski definition) is 3. The van der Waals surface area contributed by atoms with Crippen molar-refractivity contribution in [2.45, 2.75) is 32.6 Å². The number of aromatic nitrogens is 1. The molecule has 2 heterocycles. The van der Waals surface area contributed by atoms with E-state index >= 15 is 0 Å². The van der Waals surface area contributed by atoms with Crippen molar-refractivity contribution in [1.29, 1.82) is 0 Å². The predicted octanol–water partition coefficient (Wildman–Crippen LogP) is 4.27. The Kier molecular flexibility index (Phi) is 8.81. The first-order chi connectivity index (χ1) is 11.6. The van der Waals surface area contributed by atoms with E-state index in [-0.39, 0.29) is 30.7 Å². The fourth-order valence-electron chi connectivity index (χ4n) is 3.54. The summed E-state index contributed by atoms with van der Waals surface area (Å²) in [5, 5.41) is 4.20. The van der Waals surface area contributed by atoms with Crippen molar-refractivity contribution in [3.05, 3.63) is 41.6 Å². The van der Waals surface area contributed by atoms with Crippen LogP contribution in [0.25, 0.3) is 10.9 Å². The molecule has 26 heavy (non-hydrogen) atoms. The predicted molar refractivity (Wildman–Crippen MR) is 113 cm³/mol. The molecule has 1 aliphatic heterocycles. The molecule has 0 bridgehead atoms. The summed E-state index contributed by atoms with van der Waals surface area (Å²) in [5.41, 5.74) is 2.70. The fourth-order valence-corrected chi connectivity index (χ4v) is 3.54. The van der Waals surface area contributed by atoms with E-state index in [9.17, 15) is 4.79 Å². The molecule has 144 valence electrons. The zero-order valence-electron chi connectivity index (χ0n) is 15.7. The summed E-state index contributed by atoms with van der Waals surface area (Å²) >= 11 is 0. The van der Waals surface area contributed by atoms with Gasteiger partial charge >= 0.3 is 0 Å². The van der Waals surface area contributed by atoms with Crippen molar-refractivity contribution < 1.29 is 4.79 Å². The minimum Gasteiger partial charge on any atom is -0.338 e. The molecule has 1 amide bonds. The molecule has 0 saturated carbocycles. The number of carbonyl (C=O) groups is 1. The normalized spacial score (nSPS) is 16.9. The maximum absolute atomic E-state index is 13.2. The number of halogens is 2. The van der Waals surface area contributed by atoms with E-state index in [1.807, 2.05) is 42.3 Å². The van der Waals surface area contributed by atoms with Crippen LogP contribution in [0.2, 0.25) is 0 Å². The van der Waals surface area contributed by atoms with Crippen molar-refractivity contribution in [2.75, 3.05) is 26.7 Å². The Balaban J connectivity index is 0.00000169. The molecule has 6 heteroatoms. The maximum atomic E-state index is 13.2. The van der Waals surface area contributed by atoms with E-state index in [4.69, 9.17) is 4.98 Å². The van der Waals surface area contributed by atoms with Gasteiger partial charge in [0.05, 0.1) is 11.1 Å². The van der Waals surface area contributed by atoms with Gasteiger partial charge in [0, 0.05) is 24.2 Å². The highest BCUT2D eigenvalue weighted by molar-refractivity contribution is 6.06. The van der Waals surface area contributed by atoms with E-state index in [0.717, 1.165) is 48.2 Å². The van der Waals surface area contributed by atoms with Crippen LogP contribution in [0.15, 0.2) is 30.3 Å². The number of likely N-dealkylation sites (tertiary alicyclic amines) is 1. The molecular weight excluding hydrogens is 369 g/mol. The van der Waals surface area contributed by atoms with Crippen molar-refractivity contribution in [2.24, 2.45) is 5.92 Å². The third kappa shape index (κ3) is 4.87. The summed E-state index contributed by atoms with van der Waals surface area (Å²) in [5.74, 6) is 1.00. The Morgan fingerprint density at radius 2 is 2.04 bits per heavy atom. The van der Waals surface area contributed by atoms with Crippen molar-refractivity contribution >= 4 is 41.6 Å². The molecule has 1 unspecified atom stereocenters. The summed E-state index contributed by atoms with van der Waals surface area (Å²) in [7, 11) is 1.98. The van der Waals surface area contributed by atoms with E-state index in [2.05, 4.69) is 19.2 Å². The lowest BCUT2D eigenvalue weighted by Crippen LogP contribution is -2.42. The Morgan fingerprint density at radius 3 is 2.73 bits per heavy atom. The molecule has 1 fully saturated rings. The minimum atomic E-state index is 0. The monoisotopic (exact) mass is 397 g/mol. The summed E-state index contributed by atoms with van der Waals surface area (Å²) in [6.07, 6.45) is 2.27. The lowest BCUT2D eigenvalue weighted by atomic mass is 9.96. The van der Waals surface area contributed by atoms with Crippen LogP contribution < -0.4 is 5.32 Å². The second kappa shape index (κ2) is 10.1. The van der Waals surface area contributed by atoms with Crippen LogP contribution in [-0.4, -0.2) is 42.5 Å². The molecule has 0 spiro atoms. The first-order valence-corrected chi connectivity index (χ1v) is 8.93. The number of pyridine rings is 1. The number of benzene rings is 1. The van der Waals surface area contributed by atoms with Gasteiger partial charge in [-0.2, -0.15) is 0 Å². The Morgan fingerprint density at radius 1 is 1.31 bits per heavy atom. The number of nitrogens with zero attached hydrogens (tertiary/aromatic N) is 2. The van der Waals surface area contributed by atoms with Crippen LogP contribution in [0, 0.1) is 5.92 Å². The SMILES string of the molecule is CNCC1CCCN(C(=O)c2cc(C(C)C)nc3ccccc23)C1.Cl.Cl. The van der Waals surface area contributed by atoms with Gasteiger partial charge in [-0.15, -0.1) is 24.8 Å². The lowest BCUT2D eigenvalue weighted by Gasteiger charge is -2.33. The van der Waals surface area contributed by atoms with Gasteiger partial charge in [0.25, 0.3) is 5.91 Å². The molecular formula is C20H29Cl2N3O. The van der Waals surface area contributed by atoms with Crippen molar-refractivity contribution in [1.82, 2.24) is 15.2 Å². The Hall–Kier alpha value is -1.36. The first-order valence-electron chi connectivity index (χ1n) is 8.93. The highest BCUT2D eigenvalue weighted by atomic mass is 35.5. The molecule has 1 atom stereocenters. The molecule has 3 rings (SSSR count). The summed E-state index contributed by atoms with van der Waals surface area (Å²) in [4.78, 5) is 20.0. The van der Waals surface area contributed by atoms with Gasteiger partial charge in [0.2, 0.25) is 0 Å². The molecule has 1 aliphatic rings. The van der Waals surface area contributed by atoms with Crippen molar-refractivity contribution in [3.63, 3.8) is 0 Å². The molecule has 1 saturated heterocycles. The van der Waals surface area contributed by atoms with Gasteiger partial charge in [0.15, 0.2) is 0 Å². The summed E-state index contributed by atoms with van der Waals surface area (Å²) < 4.78 is 0. The van der Waals surface area contributed by atoms with E-state index in [1.54, 1.807) is 0 Å². The van der Waals surface area contributed by atoms with Gasteiger partial charge in [-0.1, -0.05) is 32.0 Å². The number of para-hydroxylation sites is 1. The van der Waals surface area contributed by atoms with Gasteiger partial charge in [-0.25, -0.2) is 0 Å². The zero-order chi connectivity index (χ0) is 17.1. The highest BCUT2D eigenvalue weighted by Crippen LogP contribution is 2.25. The highest BCUT2D eigenvalue weighted by Gasteiger charge is 2.25. The van der Waals surface area contributed by atoms with Crippen LogP contribution in [0.5, 0.6) is 0 Å². The minimum absolute atomic E-state index is 0. The Labute approximate surface area is 168 Å². The maximum Gasteiger partial charge on any atom is 0.254 e. The number of piperidine rings is 1. The average molecular weight is 398 g/mol. The van der Waals surface area contributed by atoms with E-state index in [0.29, 0.717) is 11.8 Å². The molecule has 4 nitrogen and oxygen atoms in total. The largest absolute Gasteiger partial charge is 0.338 e. The average Bonchev–Trinajstić information content (AvgIpc) is 2.60. The topological polar surface area (TPSA) is 45.2 Å². The molecule has 2 aromatic rings. The second-order valence-electron chi connectivity index (χ2n) is 7.08. The van der Waals surface area contributed by atoms with Crippen LogP contribution in [0.3, 0.4) is 0 Å². The second-order valence-corrected chi connectivity index (χ2v) is 7.08. The lowest BCUT2D eigenvalue weighted by molar-refractivity contribution is 0.0676. The van der Waals surface area contributed by atoms with Gasteiger partial charge in [-0.3, -0.25) is 9.78 Å². The fraction of sp³-hybridized carbons (Fsp3) is 0.500. The number of fused-ring (bicyclic) bond motifs is 1. The smallest absolute Gasteiger partial charge is 0.254 e. The van der Waals surface area contributed by atoms with Crippen LogP contribution >= 0.6 is 24.8 Å². The van der Waals surface area contributed by atoms with E-state index < -0.39 is 0 Å². The molecule has 0 aliphatic carbocycles. The number of carbonyl (C=O) groups excluding carboxylic acids is 1. The molecule has 1 aromatic heterocycles. The first kappa shape index (κ1) is 22.7. The van der Waals surface area contributed by atoms with Gasteiger partial charge < -0.3 is 10.2 Å². The number of nitrogens with one attached hydrogen (secondary N) is 1. The van der Waals surface area contributed by atoms with Crippen LogP contribution in [0.4, 0.5) is 0 Å². The standard InChI is InChI=1S/C20H27N3O.2ClH/c1-14(2)19-11-17(16-8-4-5-9-18(16)22-19)20(24)23-10-6-7-15(13-23)12-21-3;;/h4-5,8-9,11,14-15,21H,6-7,10,12-13H2,1-3H3;2*1H. The van der Waals surface area contributed by atoms with Crippen LogP contribution in [0.1, 0.15) is 48.7 Å². The summed E-state index contributed by atoms with van der Waals surface area (Å²) in [6, 6.07) is 9.97. The molecule has 1 N–H and O–H groups in total.